The number of aliphatic hydroxyl groups is 1. The van der Waals surface area contributed by atoms with Crippen LogP contribution in [-0.4, -0.2) is 29.6 Å². The van der Waals surface area contributed by atoms with Gasteiger partial charge < -0.3 is 10.0 Å². The minimum atomic E-state index is 0.0118. The van der Waals surface area contributed by atoms with Gasteiger partial charge in [0.1, 0.15) is 0 Å². The number of rotatable bonds is 6. The molecule has 0 atom stereocenters. The molecule has 1 aromatic carbocycles. The molecule has 0 spiro atoms. The predicted molar refractivity (Wildman–Crippen MR) is 68.9 cm³/mol. The zero-order valence-corrected chi connectivity index (χ0v) is 10.8. The Morgan fingerprint density at radius 2 is 1.81 bits per heavy atom. The summed E-state index contributed by atoms with van der Waals surface area (Å²) in [7, 11) is 0. The van der Waals surface area contributed by atoms with Crippen LogP contribution < -0.4 is 0 Å². The normalized spacial score (nSPS) is 11.1. The van der Waals surface area contributed by atoms with Crippen molar-refractivity contribution < 1.29 is 5.11 Å². The van der Waals surface area contributed by atoms with E-state index in [-0.39, 0.29) is 6.61 Å². The maximum absolute atomic E-state index is 9.12. The average molecular weight is 242 g/mol. The van der Waals surface area contributed by atoms with Crippen LogP contribution in [0, 0.1) is 0 Å². The highest BCUT2D eigenvalue weighted by molar-refractivity contribution is 6.32. The van der Waals surface area contributed by atoms with Gasteiger partial charge in [0.05, 0.1) is 6.61 Å². The van der Waals surface area contributed by atoms with Crippen LogP contribution >= 0.6 is 11.6 Å². The third kappa shape index (κ3) is 3.48. The summed E-state index contributed by atoms with van der Waals surface area (Å²) >= 11 is 6.20. The highest BCUT2D eigenvalue weighted by atomic mass is 35.5. The van der Waals surface area contributed by atoms with Gasteiger partial charge in [-0.3, -0.25) is 0 Å². The first-order chi connectivity index (χ1) is 7.72. The van der Waals surface area contributed by atoms with Crippen molar-refractivity contribution in [2.24, 2.45) is 0 Å². The molecule has 0 heterocycles. The molecule has 0 aromatic heterocycles. The van der Waals surface area contributed by atoms with Crippen LogP contribution in [0.15, 0.2) is 18.2 Å². The van der Waals surface area contributed by atoms with Crippen molar-refractivity contribution in [1.82, 2.24) is 4.90 Å². The summed E-state index contributed by atoms with van der Waals surface area (Å²) < 4.78 is 0. The second-order valence-corrected chi connectivity index (χ2v) is 4.20. The number of likely N-dealkylation sites (N-methyl/N-ethyl adjacent to an activating group) is 1. The Balaban J connectivity index is 2.66. The summed E-state index contributed by atoms with van der Waals surface area (Å²) in [5.41, 5.74) is 1.94. The zero-order chi connectivity index (χ0) is 12.0. The molecular weight excluding hydrogens is 222 g/mol. The number of aliphatic hydroxyl groups excluding tert-OH is 1. The molecule has 0 bridgehead atoms. The molecule has 0 aliphatic carbocycles. The Labute approximate surface area is 103 Å². The Bertz CT molecular complexity index is 324. The highest BCUT2D eigenvalue weighted by Crippen LogP contribution is 2.21. The Kier molecular flexibility index (Phi) is 5.81. The summed E-state index contributed by atoms with van der Waals surface area (Å²) in [4.78, 5) is 2.36. The zero-order valence-electron chi connectivity index (χ0n) is 10.0. The molecule has 16 heavy (non-hydrogen) atoms. The standard InChI is InChI=1S/C13H20ClNO/c1-3-15(4-2)9-8-11-6-5-7-12(10-16)13(11)14/h5-7,16H,3-4,8-10H2,1-2H3. The van der Waals surface area contributed by atoms with Crippen molar-refractivity contribution in [2.45, 2.75) is 26.9 Å². The quantitative estimate of drug-likeness (QED) is 0.828. The fourth-order valence-electron chi connectivity index (χ4n) is 1.77. The molecule has 0 aliphatic rings. The van der Waals surface area contributed by atoms with E-state index in [1.54, 1.807) is 0 Å². The Morgan fingerprint density at radius 1 is 1.19 bits per heavy atom. The van der Waals surface area contributed by atoms with Crippen molar-refractivity contribution in [3.05, 3.63) is 34.3 Å². The van der Waals surface area contributed by atoms with Gasteiger partial charge in [0.25, 0.3) is 0 Å². The van der Waals surface area contributed by atoms with E-state index in [9.17, 15) is 0 Å². The monoisotopic (exact) mass is 241 g/mol. The Hall–Kier alpha value is -0.570. The fraction of sp³-hybridized carbons (Fsp3) is 0.538. The molecular formula is C13H20ClNO. The molecule has 0 saturated carbocycles. The lowest BCUT2D eigenvalue weighted by Gasteiger charge is -2.18. The van der Waals surface area contributed by atoms with Crippen molar-refractivity contribution >= 4 is 11.6 Å². The first kappa shape index (κ1) is 13.5. The summed E-state index contributed by atoms with van der Waals surface area (Å²) in [6.45, 7) is 7.48. The minimum Gasteiger partial charge on any atom is -0.392 e. The number of nitrogens with zero attached hydrogens (tertiary/aromatic N) is 1. The SMILES string of the molecule is CCN(CC)CCc1cccc(CO)c1Cl. The fourth-order valence-corrected chi connectivity index (χ4v) is 2.05. The van der Waals surface area contributed by atoms with Crippen molar-refractivity contribution in [2.75, 3.05) is 19.6 Å². The van der Waals surface area contributed by atoms with Crippen molar-refractivity contribution in [1.29, 1.82) is 0 Å². The lowest BCUT2D eigenvalue weighted by Crippen LogP contribution is -2.25. The predicted octanol–water partition coefficient (Wildman–Crippen LogP) is 2.72. The van der Waals surface area contributed by atoms with Gasteiger partial charge in [-0.05, 0) is 30.6 Å². The second kappa shape index (κ2) is 6.89. The maximum Gasteiger partial charge on any atom is 0.0696 e. The highest BCUT2D eigenvalue weighted by Gasteiger charge is 2.06. The number of hydrogen-bond donors (Lipinski definition) is 1. The average Bonchev–Trinajstić information content (AvgIpc) is 2.32. The van der Waals surface area contributed by atoms with Crippen LogP contribution in [0.2, 0.25) is 5.02 Å². The van der Waals surface area contributed by atoms with Crippen LogP contribution in [0.25, 0.3) is 0 Å². The molecule has 0 saturated heterocycles. The summed E-state index contributed by atoms with van der Waals surface area (Å²) in [6.07, 6.45) is 0.939. The molecule has 90 valence electrons. The molecule has 0 radical (unpaired) electrons. The van der Waals surface area contributed by atoms with Crippen LogP contribution in [0.1, 0.15) is 25.0 Å². The van der Waals surface area contributed by atoms with Gasteiger partial charge in [0, 0.05) is 11.6 Å². The topological polar surface area (TPSA) is 23.5 Å². The first-order valence-corrected chi connectivity index (χ1v) is 6.20. The summed E-state index contributed by atoms with van der Waals surface area (Å²) in [6, 6.07) is 5.85. The molecule has 2 nitrogen and oxygen atoms in total. The summed E-state index contributed by atoms with van der Waals surface area (Å²) in [5, 5.41) is 9.84. The van der Waals surface area contributed by atoms with E-state index in [1.165, 1.54) is 0 Å². The van der Waals surface area contributed by atoms with E-state index in [1.807, 2.05) is 18.2 Å². The van der Waals surface area contributed by atoms with Gasteiger partial charge in [-0.1, -0.05) is 43.6 Å². The maximum atomic E-state index is 9.12. The van der Waals surface area contributed by atoms with E-state index in [0.717, 1.165) is 42.2 Å². The molecule has 1 aromatic rings. The van der Waals surface area contributed by atoms with Crippen LogP contribution in [0.3, 0.4) is 0 Å². The second-order valence-electron chi connectivity index (χ2n) is 3.83. The van der Waals surface area contributed by atoms with Gasteiger partial charge in [0.15, 0.2) is 0 Å². The third-order valence-electron chi connectivity index (χ3n) is 2.92. The molecule has 3 heteroatoms. The van der Waals surface area contributed by atoms with Gasteiger partial charge in [-0.2, -0.15) is 0 Å². The van der Waals surface area contributed by atoms with Crippen molar-refractivity contribution in [3.8, 4) is 0 Å². The van der Waals surface area contributed by atoms with Crippen LogP contribution in [-0.2, 0) is 13.0 Å². The number of hydrogen-bond acceptors (Lipinski definition) is 2. The smallest absolute Gasteiger partial charge is 0.0696 e. The van der Waals surface area contributed by atoms with Gasteiger partial charge >= 0.3 is 0 Å². The minimum absolute atomic E-state index is 0.0118. The molecule has 1 N–H and O–H groups in total. The molecule has 0 aliphatic heterocycles. The van der Waals surface area contributed by atoms with Crippen LogP contribution in [0.4, 0.5) is 0 Å². The van der Waals surface area contributed by atoms with Crippen molar-refractivity contribution in [3.63, 3.8) is 0 Å². The molecule has 1 rings (SSSR count). The van der Waals surface area contributed by atoms with Gasteiger partial charge in [0.2, 0.25) is 0 Å². The molecule has 0 fully saturated rings. The lowest BCUT2D eigenvalue weighted by atomic mass is 10.1. The third-order valence-corrected chi connectivity index (χ3v) is 3.41. The largest absolute Gasteiger partial charge is 0.392 e. The first-order valence-electron chi connectivity index (χ1n) is 5.82. The number of halogens is 1. The van der Waals surface area contributed by atoms with Crippen LogP contribution in [0.5, 0.6) is 0 Å². The van der Waals surface area contributed by atoms with E-state index < -0.39 is 0 Å². The lowest BCUT2D eigenvalue weighted by molar-refractivity contribution is 0.281. The van der Waals surface area contributed by atoms with E-state index >= 15 is 0 Å². The Morgan fingerprint density at radius 3 is 2.38 bits per heavy atom. The number of benzene rings is 1. The van der Waals surface area contributed by atoms with Gasteiger partial charge in [-0.15, -0.1) is 0 Å². The van der Waals surface area contributed by atoms with E-state index in [4.69, 9.17) is 16.7 Å². The van der Waals surface area contributed by atoms with E-state index in [2.05, 4.69) is 18.7 Å². The molecule has 0 amide bonds. The van der Waals surface area contributed by atoms with E-state index in [0.29, 0.717) is 0 Å². The van der Waals surface area contributed by atoms with Gasteiger partial charge in [-0.25, -0.2) is 0 Å². The molecule has 0 unspecified atom stereocenters. The summed E-state index contributed by atoms with van der Waals surface area (Å²) in [5.74, 6) is 0.